The van der Waals surface area contributed by atoms with Crippen molar-refractivity contribution in [3.05, 3.63) is 48.0 Å². The molecule has 0 heterocycles. The average Bonchev–Trinajstić information content (AvgIpc) is 2.42. The molecular weight excluding hydrogens is 244 g/mol. The highest BCUT2D eigenvalue weighted by Gasteiger charge is 2.30. The highest BCUT2D eigenvalue weighted by molar-refractivity contribution is 5.87. The Morgan fingerprint density at radius 3 is 2.35 bits per heavy atom. The number of carbonyl (C=O) groups excluding carboxylic acids is 1. The first-order chi connectivity index (χ1) is 9.43. The minimum Gasteiger partial charge on any atom is -0.299 e. The average molecular weight is 268 g/mol. The van der Waals surface area contributed by atoms with Gasteiger partial charge in [-0.3, -0.25) is 4.79 Å². The second-order valence-electron chi connectivity index (χ2n) is 6.58. The van der Waals surface area contributed by atoms with Crippen LogP contribution in [0.25, 0.3) is 10.8 Å². The van der Waals surface area contributed by atoms with Gasteiger partial charge >= 0.3 is 0 Å². The molecule has 0 N–H and O–H groups in total. The van der Waals surface area contributed by atoms with E-state index in [2.05, 4.69) is 63.2 Å². The largest absolute Gasteiger partial charge is 0.299 e. The topological polar surface area (TPSA) is 17.1 Å². The van der Waals surface area contributed by atoms with Gasteiger partial charge in [0.05, 0.1) is 0 Å². The quantitative estimate of drug-likeness (QED) is 0.760. The summed E-state index contributed by atoms with van der Waals surface area (Å²) in [7, 11) is 0. The molecule has 0 bridgehead atoms. The summed E-state index contributed by atoms with van der Waals surface area (Å²) in [6, 6.07) is 14.8. The molecule has 2 aromatic carbocycles. The number of carbonyl (C=O) groups is 1. The number of benzene rings is 2. The van der Waals surface area contributed by atoms with E-state index < -0.39 is 0 Å². The summed E-state index contributed by atoms with van der Waals surface area (Å²) in [6.07, 6.45) is 1.45. The van der Waals surface area contributed by atoms with Crippen LogP contribution < -0.4 is 0 Å². The van der Waals surface area contributed by atoms with Gasteiger partial charge in [0.1, 0.15) is 5.78 Å². The SMILES string of the molecule is CCC(=O)[C@H](Cc1cccc2ccccc12)C(C)(C)C. The fourth-order valence-electron chi connectivity index (χ4n) is 2.84. The molecule has 0 aromatic heterocycles. The number of ketones is 1. The number of fused-ring (bicyclic) bond motifs is 1. The third-order valence-corrected chi connectivity index (χ3v) is 4.09. The first-order valence-electron chi connectivity index (χ1n) is 7.43. The Morgan fingerprint density at radius 1 is 1.05 bits per heavy atom. The molecule has 20 heavy (non-hydrogen) atoms. The van der Waals surface area contributed by atoms with Gasteiger partial charge in [0, 0.05) is 12.3 Å². The van der Waals surface area contributed by atoms with Gasteiger partial charge in [0.25, 0.3) is 0 Å². The van der Waals surface area contributed by atoms with Gasteiger partial charge in [-0.15, -0.1) is 0 Å². The number of Topliss-reactive ketones (excluding diaryl/α,β-unsaturated/α-hetero) is 1. The minimum atomic E-state index is 0.00401. The van der Waals surface area contributed by atoms with Crippen LogP contribution in [-0.2, 0) is 11.2 Å². The smallest absolute Gasteiger partial charge is 0.136 e. The van der Waals surface area contributed by atoms with Crippen LogP contribution in [0.2, 0.25) is 0 Å². The molecule has 1 nitrogen and oxygen atoms in total. The predicted octanol–water partition coefficient (Wildman–Crippen LogP) is 5.02. The van der Waals surface area contributed by atoms with E-state index in [9.17, 15) is 4.79 Å². The van der Waals surface area contributed by atoms with Crippen molar-refractivity contribution in [2.24, 2.45) is 11.3 Å². The maximum absolute atomic E-state index is 12.3. The van der Waals surface area contributed by atoms with Crippen molar-refractivity contribution in [2.45, 2.75) is 40.5 Å². The van der Waals surface area contributed by atoms with Crippen LogP contribution in [0, 0.1) is 11.3 Å². The van der Waals surface area contributed by atoms with E-state index in [1.54, 1.807) is 0 Å². The molecule has 2 aromatic rings. The van der Waals surface area contributed by atoms with Gasteiger partial charge in [-0.2, -0.15) is 0 Å². The third-order valence-electron chi connectivity index (χ3n) is 4.09. The van der Waals surface area contributed by atoms with Crippen molar-refractivity contribution in [3.8, 4) is 0 Å². The molecule has 0 saturated carbocycles. The molecule has 0 fully saturated rings. The van der Waals surface area contributed by atoms with Crippen LogP contribution in [0.15, 0.2) is 42.5 Å². The molecule has 0 spiro atoms. The molecule has 1 atom stereocenters. The molecule has 0 aliphatic rings. The van der Waals surface area contributed by atoms with Crippen molar-refractivity contribution in [3.63, 3.8) is 0 Å². The van der Waals surface area contributed by atoms with Gasteiger partial charge in [0.2, 0.25) is 0 Å². The molecule has 0 aliphatic carbocycles. The van der Waals surface area contributed by atoms with E-state index in [0.29, 0.717) is 12.2 Å². The highest BCUT2D eigenvalue weighted by atomic mass is 16.1. The molecule has 1 heteroatoms. The Hall–Kier alpha value is -1.63. The summed E-state index contributed by atoms with van der Waals surface area (Å²) in [5.74, 6) is 0.448. The lowest BCUT2D eigenvalue weighted by molar-refractivity contribution is -0.125. The first kappa shape index (κ1) is 14.8. The fourth-order valence-corrected chi connectivity index (χ4v) is 2.84. The molecule has 0 saturated heterocycles. The fraction of sp³-hybridized carbons (Fsp3) is 0.421. The first-order valence-corrected chi connectivity index (χ1v) is 7.43. The lowest BCUT2D eigenvalue weighted by Gasteiger charge is -2.29. The Labute approximate surface area is 122 Å². The molecular formula is C19H24O. The lowest BCUT2D eigenvalue weighted by Crippen LogP contribution is -2.30. The Balaban J connectivity index is 2.41. The zero-order valence-corrected chi connectivity index (χ0v) is 12.9. The van der Waals surface area contributed by atoms with Gasteiger partial charge < -0.3 is 0 Å². The normalized spacial score (nSPS) is 13.4. The molecule has 0 amide bonds. The van der Waals surface area contributed by atoms with E-state index >= 15 is 0 Å². The van der Waals surface area contributed by atoms with Gasteiger partial charge in [-0.1, -0.05) is 70.2 Å². The minimum absolute atomic E-state index is 0.00401. The lowest BCUT2D eigenvalue weighted by atomic mass is 9.74. The van der Waals surface area contributed by atoms with Crippen LogP contribution in [0.5, 0.6) is 0 Å². The van der Waals surface area contributed by atoms with Crippen molar-refractivity contribution < 1.29 is 4.79 Å². The Kier molecular flexibility index (Phi) is 4.27. The van der Waals surface area contributed by atoms with Crippen LogP contribution in [-0.4, -0.2) is 5.78 Å². The summed E-state index contributed by atoms with van der Waals surface area (Å²) in [6.45, 7) is 8.45. The number of hydrogen-bond acceptors (Lipinski definition) is 1. The van der Waals surface area contributed by atoms with Crippen molar-refractivity contribution in [1.29, 1.82) is 0 Å². The van der Waals surface area contributed by atoms with Gasteiger partial charge in [-0.25, -0.2) is 0 Å². The highest BCUT2D eigenvalue weighted by Crippen LogP contribution is 2.32. The molecule has 0 radical (unpaired) electrons. The predicted molar refractivity (Wildman–Crippen MR) is 85.9 cm³/mol. The van der Waals surface area contributed by atoms with E-state index in [1.165, 1.54) is 16.3 Å². The van der Waals surface area contributed by atoms with Crippen LogP contribution in [0.3, 0.4) is 0 Å². The van der Waals surface area contributed by atoms with Crippen LogP contribution in [0.1, 0.15) is 39.7 Å². The van der Waals surface area contributed by atoms with Crippen LogP contribution in [0.4, 0.5) is 0 Å². The molecule has 2 rings (SSSR count). The zero-order chi connectivity index (χ0) is 14.8. The summed E-state index contributed by atoms with van der Waals surface area (Å²) < 4.78 is 0. The van der Waals surface area contributed by atoms with Gasteiger partial charge in [-0.05, 0) is 28.2 Å². The second kappa shape index (κ2) is 5.78. The van der Waals surface area contributed by atoms with E-state index in [1.807, 2.05) is 6.92 Å². The van der Waals surface area contributed by atoms with E-state index in [4.69, 9.17) is 0 Å². The standard InChI is InChI=1S/C19H24O/c1-5-18(20)17(19(2,3)4)13-15-11-8-10-14-9-6-7-12-16(14)15/h6-12,17H,5,13H2,1-4H3/t17-/m0/s1. The second-order valence-corrected chi connectivity index (χ2v) is 6.58. The summed E-state index contributed by atoms with van der Waals surface area (Å²) in [4.78, 5) is 12.3. The number of hydrogen-bond donors (Lipinski definition) is 0. The van der Waals surface area contributed by atoms with Crippen molar-refractivity contribution in [1.82, 2.24) is 0 Å². The summed E-state index contributed by atoms with van der Waals surface area (Å²) in [5.41, 5.74) is 1.29. The van der Waals surface area contributed by atoms with E-state index in [-0.39, 0.29) is 11.3 Å². The maximum atomic E-state index is 12.3. The Bertz CT molecular complexity index is 599. The zero-order valence-electron chi connectivity index (χ0n) is 12.9. The van der Waals surface area contributed by atoms with E-state index in [0.717, 1.165) is 6.42 Å². The van der Waals surface area contributed by atoms with Crippen molar-refractivity contribution in [2.75, 3.05) is 0 Å². The molecule has 0 unspecified atom stereocenters. The molecule has 106 valence electrons. The van der Waals surface area contributed by atoms with Crippen molar-refractivity contribution >= 4 is 16.6 Å². The third kappa shape index (κ3) is 3.09. The van der Waals surface area contributed by atoms with Crippen LogP contribution >= 0.6 is 0 Å². The maximum Gasteiger partial charge on any atom is 0.136 e. The number of rotatable bonds is 4. The monoisotopic (exact) mass is 268 g/mol. The van der Waals surface area contributed by atoms with Gasteiger partial charge in [0.15, 0.2) is 0 Å². The summed E-state index contributed by atoms with van der Waals surface area (Å²) >= 11 is 0. The summed E-state index contributed by atoms with van der Waals surface area (Å²) in [5, 5.41) is 2.52. The Morgan fingerprint density at radius 2 is 1.70 bits per heavy atom. The molecule has 0 aliphatic heterocycles.